The van der Waals surface area contributed by atoms with Crippen molar-refractivity contribution in [1.29, 1.82) is 0 Å². The second-order valence-corrected chi connectivity index (χ2v) is 5.22. The lowest BCUT2D eigenvalue weighted by atomic mass is 10.1. The molecule has 0 saturated heterocycles. The summed E-state index contributed by atoms with van der Waals surface area (Å²) in [6, 6.07) is 16.3. The summed E-state index contributed by atoms with van der Waals surface area (Å²) in [6.45, 7) is 1.46. The highest BCUT2D eigenvalue weighted by atomic mass is 16.5. The van der Waals surface area contributed by atoms with E-state index in [4.69, 9.17) is 15.2 Å². The molecular weight excluding hydrogens is 276 g/mol. The average Bonchev–Trinajstić information content (AvgIpc) is 2.90. The molecule has 0 fully saturated rings. The second kappa shape index (κ2) is 6.12. The highest BCUT2D eigenvalue weighted by molar-refractivity contribution is 5.89. The van der Waals surface area contributed by atoms with Gasteiger partial charge < -0.3 is 19.8 Å². The molecule has 3 aromatic rings. The molecule has 2 aromatic carbocycles. The normalized spacial score (nSPS) is 11.0. The maximum atomic E-state index is 5.91. The molecule has 0 aliphatic heterocycles. The number of aromatic nitrogens is 1. The van der Waals surface area contributed by atoms with Crippen LogP contribution in [0.5, 0.6) is 5.75 Å². The van der Waals surface area contributed by atoms with Gasteiger partial charge in [0.1, 0.15) is 5.75 Å². The fourth-order valence-electron chi connectivity index (χ4n) is 2.71. The number of methoxy groups -OCH3 is 2. The smallest absolute Gasteiger partial charge is 0.118 e. The zero-order chi connectivity index (χ0) is 15.5. The standard InChI is InChI=1S/C18H20N2O2/c1-21-10-9-20-17-8-5-15(19)11-14(17)12-18(20)13-3-6-16(22-2)7-4-13/h3-8,11-12H,9-10,19H2,1-2H3. The average molecular weight is 296 g/mol. The van der Waals surface area contributed by atoms with Crippen molar-refractivity contribution in [2.45, 2.75) is 6.54 Å². The van der Waals surface area contributed by atoms with E-state index in [0.717, 1.165) is 40.1 Å². The van der Waals surface area contributed by atoms with E-state index in [1.165, 1.54) is 0 Å². The van der Waals surface area contributed by atoms with Crippen LogP contribution < -0.4 is 10.5 Å². The predicted molar refractivity (Wildman–Crippen MR) is 90.2 cm³/mol. The first-order valence-electron chi connectivity index (χ1n) is 7.25. The first-order valence-corrected chi connectivity index (χ1v) is 7.25. The van der Waals surface area contributed by atoms with Crippen molar-refractivity contribution in [3.05, 3.63) is 48.5 Å². The van der Waals surface area contributed by atoms with Crippen LogP contribution in [0.4, 0.5) is 5.69 Å². The molecule has 22 heavy (non-hydrogen) atoms. The number of nitrogens with two attached hydrogens (primary N) is 1. The Morgan fingerprint density at radius 2 is 1.77 bits per heavy atom. The Balaban J connectivity index is 2.13. The molecule has 4 heteroatoms. The van der Waals surface area contributed by atoms with E-state index in [1.54, 1.807) is 14.2 Å². The van der Waals surface area contributed by atoms with Gasteiger partial charge in [0.15, 0.2) is 0 Å². The Hall–Kier alpha value is -2.46. The Kier molecular flexibility index (Phi) is 4.02. The topological polar surface area (TPSA) is 49.4 Å². The molecule has 1 aromatic heterocycles. The number of hydrogen-bond donors (Lipinski definition) is 1. The fourth-order valence-corrected chi connectivity index (χ4v) is 2.71. The molecule has 4 nitrogen and oxygen atoms in total. The number of fused-ring (bicyclic) bond motifs is 1. The van der Waals surface area contributed by atoms with E-state index in [9.17, 15) is 0 Å². The zero-order valence-electron chi connectivity index (χ0n) is 12.9. The first-order chi connectivity index (χ1) is 10.7. The maximum absolute atomic E-state index is 5.91. The lowest BCUT2D eigenvalue weighted by Gasteiger charge is -2.11. The molecule has 0 bridgehead atoms. The number of anilines is 1. The van der Waals surface area contributed by atoms with E-state index < -0.39 is 0 Å². The van der Waals surface area contributed by atoms with E-state index in [1.807, 2.05) is 24.3 Å². The third-order valence-electron chi connectivity index (χ3n) is 3.83. The van der Waals surface area contributed by atoms with E-state index in [0.29, 0.717) is 6.61 Å². The summed E-state index contributed by atoms with van der Waals surface area (Å²) in [5.41, 5.74) is 10.1. The van der Waals surface area contributed by atoms with Gasteiger partial charge in [0.05, 0.1) is 13.7 Å². The van der Waals surface area contributed by atoms with E-state index >= 15 is 0 Å². The summed E-state index contributed by atoms with van der Waals surface area (Å²) in [6.07, 6.45) is 0. The molecule has 0 unspecified atom stereocenters. The Morgan fingerprint density at radius 1 is 1.00 bits per heavy atom. The van der Waals surface area contributed by atoms with Crippen LogP contribution >= 0.6 is 0 Å². The molecule has 0 spiro atoms. The van der Waals surface area contributed by atoms with Crippen molar-refractivity contribution in [1.82, 2.24) is 4.57 Å². The summed E-state index contributed by atoms with van der Waals surface area (Å²) in [5.74, 6) is 0.854. The van der Waals surface area contributed by atoms with Crippen molar-refractivity contribution in [2.75, 3.05) is 26.6 Å². The van der Waals surface area contributed by atoms with Gasteiger partial charge in [-0.25, -0.2) is 0 Å². The highest BCUT2D eigenvalue weighted by Crippen LogP contribution is 2.30. The molecule has 0 saturated carbocycles. The van der Waals surface area contributed by atoms with Gasteiger partial charge >= 0.3 is 0 Å². The maximum Gasteiger partial charge on any atom is 0.118 e. The van der Waals surface area contributed by atoms with Crippen molar-refractivity contribution >= 4 is 16.6 Å². The quantitative estimate of drug-likeness (QED) is 0.733. The van der Waals surface area contributed by atoms with Crippen molar-refractivity contribution in [3.63, 3.8) is 0 Å². The fraction of sp³-hybridized carbons (Fsp3) is 0.222. The summed E-state index contributed by atoms with van der Waals surface area (Å²) in [5, 5.41) is 1.14. The predicted octanol–water partition coefficient (Wildman–Crippen LogP) is 3.55. The Labute approximate surface area is 130 Å². The Bertz CT molecular complexity index is 776. The van der Waals surface area contributed by atoms with Gasteiger partial charge in [0.2, 0.25) is 0 Å². The molecule has 0 atom stereocenters. The number of nitrogen functional groups attached to an aromatic ring is 1. The lowest BCUT2D eigenvalue weighted by molar-refractivity contribution is 0.189. The lowest BCUT2D eigenvalue weighted by Crippen LogP contribution is -2.05. The van der Waals surface area contributed by atoms with Gasteiger partial charge in [0, 0.05) is 35.9 Å². The molecule has 0 radical (unpaired) electrons. The summed E-state index contributed by atoms with van der Waals surface area (Å²) in [4.78, 5) is 0. The Morgan fingerprint density at radius 3 is 2.45 bits per heavy atom. The van der Waals surface area contributed by atoms with Crippen LogP contribution in [0.3, 0.4) is 0 Å². The monoisotopic (exact) mass is 296 g/mol. The van der Waals surface area contributed by atoms with Crippen LogP contribution in [0, 0.1) is 0 Å². The minimum Gasteiger partial charge on any atom is -0.497 e. The molecule has 3 rings (SSSR count). The van der Waals surface area contributed by atoms with Crippen LogP contribution in [-0.4, -0.2) is 25.4 Å². The second-order valence-electron chi connectivity index (χ2n) is 5.22. The van der Waals surface area contributed by atoms with Gasteiger partial charge in [-0.1, -0.05) is 0 Å². The van der Waals surface area contributed by atoms with Gasteiger partial charge in [-0.2, -0.15) is 0 Å². The zero-order valence-corrected chi connectivity index (χ0v) is 12.9. The van der Waals surface area contributed by atoms with E-state index in [-0.39, 0.29) is 0 Å². The number of nitrogens with zero attached hydrogens (tertiary/aromatic N) is 1. The van der Waals surface area contributed by atoms with Crippen LogP contribution in [-0.2, 0) is 11.3 Å². The largest absolute Gasteiger partial charge is 0.497 e. The third kappa shape index (κ3) is 2.65. The third-order valence-corrected chi connectivity index (χ3v) is 3.83. The summed E-state index contributed by atoms with van der Waals surface area (Å²) >= 11 is 0. The van der Waals surface area contributed by atoms with Crippen LogP contribution in [0.25, 0.3) is 22.2 Å². The van der Waals surface area contributed by atoms with Gasteiger partial charge in [0.25, 0.3) is 0 Å². The molecule has 0 aliphatic rings. The minimum atomic E-state index is 0.664. The van der Waals surface area contributed by atoms with Gasteiger partial charge in [-0.15, -0.1) is 0 Å². The molecule has 0 amide bonds. The van der Waals surface area contributed by atoms with Gasteiger partial charge in [-0.3, -0.25) is 0 Å². The molecule has 2 N–H and O–H groups in total. The molecule has 114 valence electrons. The molecule has 0 aliphatic carbocycles. The number of benzene rings is 2. The molecular formula is C18H20N2O2. The van der Waals surface area contributed by atoms with Gasteiger partial charge in [-0.05, 0) is 54.1 Å². The summed E-state index contributed by atoms with van der Waals surface area (Å²) in [7, 11) is 3.39. The van der Waals surface area contributed by atoms with Crippen LogP contribution in [0.15, 0.2) is 48.5 Å². The van der Waals surface area contributed by atoms with Crippen LogP contribution in [0.2, 0.25) is 0 Å². The highest BCUT2D eigenvalue weighted by Gasteiger charge is 2.11. The SMILES string of the molecule is COCCn1c(-c2ccc(OC)cc2)cc2cc(N)ccc21. The van der Waals surface area contributed by atoms with Crippen LogP contribution in [0.1, 0.15) is 0 Å². The van der Waals surface area contributed by atoms with Crippen molar-refractivity contribution in [2.24, 2.45) is 0 Å². The minimum absolute atomic E-state index is 0.664. The van der Waals surface area contributed by atoms with E-state index in [2.05, 4.69) is 28.8 Å². The van der Waals surface area contributed by atoms with Crippen molar-refractivity contribution < 1.29 is 9.47 Å². The number of ether oxygens (including phenoxy) is 2. The summed E-state index contributed by atoms with van der Waals surface area (Å²) < 4.78 is 12.7. The number of hydrogen-bond acceptors (Lipinski definition) is 3. The first kappa shape index (κ1) is 14.5. The molecule has 1 heterocycles. The van der Waals surface area contributed by atoms with Crippen molar-refractivity contribution in [3.8, 4) is 17.0 Å². The number of rotatable bonds is 5.